The third kappa shape index (κ3) is 4.26. The lowest BCUT2D eigenvalue weighted by atomic mass is 9.56. The second-order valence-corrected chi connectivity index (χ2v) is 12.1. The van der Waals surface area contributed by atoms with Crippen LogP contribution >= 0.6 is 0 Å². The molecule has 0 unspecified atom stereocenters. The summed E-state index contributed by atoms with van der Waals surface area (Å²) in [5.41, 5.74) is 7.72. The van der Waals surface area contributed by atoms with E-state index in [0.717, 1.165) is 74.2 Å². The number of hydrogen-bond acceptors (Lipinski definition) is 7. The van der Waals surface area contributed by atoms with E-state index in [1.807, 2.05) is 14.0 Å². The van der Waals surface area contributed by atoms with Gasteiger partial charge >= 0.3 is 0 Å². The molecule has 3 saturated carbocycles. The number of anilines is 2. The molecule has 200 valence electrons. The highest BCUT2D eigenvalue weighted by atomic mass is 16.5. The molecule has 8 heteroatoms. The van der Waals surface area contributed by atoms with Crippen LogP contribution in [-0.2, 0) is 24.2 Å². The Morgan fingerprint density at radius 2 is 1.92 bits per heavy atom. The van der Waals surface area contributed by atoms with E-state index in [1.54, 1.807) is 0 Å². The van der Waals surface area contributed by atoms with Crippen molar-refractivity contribution in [3.63, 3.8) is 0 Å². The van der Waals surface area contributed by atoms with Gasteiger partial charge in [-0.3, -0.25) is 9.58 Å². The molecule has 1 atom stereocenters. The van der Waals surface area contributed by atoms with Crippen LogP contribution in [0.4, 0.5) is 11.5 Å². The Hall–Kier alpha value is -2.45. The monoisotopic (exact) mass is 505 g/mol. The second-order valence-electron chi connectivity index (χ2n) is 12.1. The van der Waals surface area contributed by atoms with Crippen molar-refractivity contribution in [2.45, 2.75) is 90.4 Å². The maximum Gasteiger partial charge on any atom is 0.136 e. The van der Waals surface area contributed by atoms with Crippen LogP contribution in [0.25, 0.3) is 0 Å². The lowest BCUT2D eigenvalue weighted by Gasteiger charge is -2.59. The fourth-order valence-electron chi connectivity index (χ4n) is 7.78. The van der Waals surface area contributed by atoms with Gasteiger partial charge in [0.1, 0.15) is 5.82 Å². The van der Waals surface area contributed by atoms with Gasteiger partial charge in [0.2, 0.25) is 0 Å². The van der Waals surface area contributed by atoms with Gasteiger partial charge in [0.15, 0.2) is 0 Å². The summed E-state index contributed by atoms with van der Waals surface area (Å²) in [6.07, 6.45) is 10.8. The molecule has 2 aliphatic heterocycles. The van der Waals surface area contributed by atoms with Gasteiger partial charge in [0.25, 0.3) is 0 Å². The molecule has 4 fully saturated rings. The molecule has 7 rings (SSSR count). The number of morpholine rings is 1. The molecule has 0 aromatic carbocycles. The number of ether oxygens (including phenoxy) is 1. The van der Waals surface area contributed by atoms with Crippen LogP contribution < -0.4 is 10.2 Å². The summed E-state index contributed by atoms with van der Waals surface area (Å²) in [5.74, 6) is 0.777. The van der Waals surface area contributed by atoms with Crippen molar-refractivity contribution in [1.82, 2.24) is 19.7 Å². The van der Waals surface area contributed by atoms with E-state index in [-0.39, 0.29) is 0 Å². The maximum absolute atomic E-state index is 8.03. The van der Waals surface area contributed by atoms with Crippen LogP contribution in [0.2, 0.25) is 0 Å². The van der Waals surface area contributed by atoms with E-state index in [4.69, 9.17) is 15.2 Å². The second kappa shape index (κ2) is 9.38. The summed E-state index contributed by atoms with van der Waals surface area (Å²) in [5, 5.41) is 16.3. The van der Waals surface area contributed by atoms with Gasteiger partial charge in [-0.2, -0.15) is 5.10 Å². The van der Waals surface area contributed by atoms with E-state index < -0.39 is 0 Å². The van der Waals surface area contributed by atoms with Crippen molar-refractivity contribution in [2.75, 3.05) is 43.5 Å². The first-order chi connectivity index (χ1) is 17.9. The van der Waals surface area contributed by atoms with E-state index in [9.17, 15) is 0 Å². The number of fused-ring (bicyclic) bond motifs is 4. The highest BCUT2D eigenvalue weighted by Gasteiger charge is 2.52. The van der Waals surface area contributed by atoms with E-state index in [1.165, 1.54) is 56.0 Å². The molecule has 2 N–H and O–H groups in total. The fraction of sp³-hybridized carbons (Fsp3) is 0.690. The smallest absolute Gasteiger partial charge is 0.136 e. The molecular weight excluding hydrogens is 462 g/mol. The van der Waals surface area contributed by atoms with Crippen molar-refractivity contribution in [3.8, 4) is 0 Å². The van der Waals surface area contributed by atoms with Gasteiger partial charge in [-0.25, -0.2) is 4.98 Å². The van der Waals surface area contributed by atoms with Gasteiger partial charge < -0.3 is 20.4 Å². The number of rotatable bonds is 6. The van der Waals surface area contributed by atoms with Crippen LogP contribution in [0.15, 0.2) is 6.07 Å². The first-order valence-electron chi connectivity index (χ1n) is 14.2. The van der Waals surface area contributed by atoms with Crippen molar-refractivity contribution in [1.29, 1.82) is 5.41 Å². The molecule has 2 bridgehead atoms. The van der Waals surface area contributed by atoms with Crippen molar-refractivity contribution in [2.24, 2.45) is 5.41 Å². The summed E-state index contributed by atoms with van der Waals surface area (Å²) in [6.45, 7) is 12.4. The Morgan fingerprint density at radius 3 is 2.59 bits per heavy atom. The topological polar surface area (TPSA) is 82.3 Å². The Labute approximate surface area is 221 Å². The largest absolute Gasteiger partial charge is 0.376 e. The fourth-order valence-corrected chi connectivity index (χ4v) is 7.78. The minimum Gasteiger partial charge on any atom is -0.376 e. The highest BCUT2D eigenvalue weighted by Crippen LogP contribution is 2.55. The van der Waals surface area contributed by atoms with Crippen LogP contribution in [0.1, 0.15) is 73.7 Å². The molecule has 4 heterocycles. The molecule has 1 saturated heterocycles. The number of nitrogens with zero attached hydrogens (tertiary/aromatic N) is 5. The maximum atomic E-state index is 8.03. The third-order valence-corrected chi connectivity index (χ3v) is 9.98. The minimum absolute atomic E-state index is 0.367. The van der Waals surface area contributed by atoms with Gasteiger partial charge in [0.05, 0.1) is 29.7 Å². The lowest BCUT2D eigenvalue weighted by molar-refractivity contribution is -0.115. The average Bonchev–Trinajstić information content (AvgIpc) is 3.22. The van der Waals surface area contributed by atoms with Crippen LogP contribution in [-0.4, -0.2) is 70.8 Å². The molecule has 0 spiro atoms. The van der Waals surface area contributed by atoms with Crippen LogP contribution in [0.3, 0.4) is 0 Å². The molecule has 37 heavy (non-hydrogen) atoms. The Kier molecular flexibility index (Phi) is 6.30. The van der Waals surface area contributed by atoms with Gasteiger partial charge in [-0.1, -0.05) is 0 Å². The zero-order valence-corrected chi connectivity index (χ0v) is 23.1. The first kappa shape index (κ1) is 24.9. The Balaban J connectivity index is 1.19. The summed E-state index contributed by atoms with van der Waals surface area (Å²) >= 11 is 0. The zero-order chi connectivity index (χ0) is 25.8. The molecule has 2 aromatic heterocycles. The van der Waals surface area contributed by atoms with E-state index in [0.29, 0.717) is 17.1 Å². The zero-order valence-electron chi connectivity index (χ0n) is 23.1. The molecule has 5 aliphatic rings. The molecule has 2 aromatic rings. The molecule has 0 amide bonds. The summed E-state index contributed by atoms with van der Waals surface area (Å²) < 4.78 is 8.24. The summed E-state index contributed by atoms with van der Waals surface area (Å²) in [6, 6.07) is 2.12. The predicted molar refractivity (Wildman–Crippen MR) is 148 cm³/mol. The average molecular weight is 506 g/mol. The van der Waals surface area contributed by atoms with Crippen molar-refractivity contribution < 1.29 is 4.74 Å². The molecular formula is C29H43N7O. The number of nitrogens with one attached hydrogen (secondary N) is 2. The lowest BCUT2D eigenvalue weighted by Crippen LogP contribution is -2.61. The van der Waals surface area contributed by atoms with Crippen molar-refractivity contribution in [3.05, 3.63) is 34.3 Å². The van der Waals surface area contributed by atoms with E-state index >= 15 is 0 Å². The number of pyridine rings is 1. The highest BCUT2D eigenvalue weighted by molar-refractivity contribution is 5.92. The number of aromatic nitrogens is 3. The number of aryl methyl sites for hydroxylation is 2. The Morgan fingerprint density at radius 1 is 1.16 bits per heavy atom. The normalized spacial score (nSPS) is 29.8. The Bertz CT molecular complexity index is 1160. The van der Waals surface area contributed by atoms with Crippen LogP contribution in [0, 0.1) is 24.7 Å². The van der Waals surface area contributed by atoms with Gasteiger partial charge in [-0.05, 0) is 70.8 Å². The minimum atomic E-state index is 0.367. The molecule has 8 nitrogen and oxygen atoms in total. The third-order valence-electron chi connectivity index (χ3n) is 9.98. The molecule has 0 radical (unpaired) electrons. The van der Waals surface area contributed by atoms with E-state index in [2.05, 4.69) is 44.7 Å². The van der Waals surface area contributed by atoms with Crippen molar-refractivity contribution >= 4 is 17.7 Å². The standard InChI is InChI=1S/C29H43N7O/c1-20-15-26(23(16-30)27(31-4)32-20)34-12-5-25-24(18-34)22(3)33-36(25)19-28-6-9-29(10-7-28,11-8-28)35-13-14-37-21(2)17-35/h15-16,21,30H,5-14,17-19H2,1-4H3,(H,31,32)/t21-,28?,29?/m0/s1. The predicted octanol–water partition coefficient (Wildman–Crippen LogP) is 4.31. The quantitative estimate of drug-likeness (QED) is 0.570. The first-order valence-corrected chi connectivity index (χ1v) is 14.2. The summed E-state index contributed by atoms with van der Waals surface area (Å²) in [7, 11) is 1.88. The van der Waals surface area contributed by atoms with Gasteiger partial charge in [0, 0.05) is 74.9 Å². The SMILES string of the molecule is CNc1nc(C)cc(N2CCc3c(c(C)nn3CC34CCC(N5CCO[C@@H](C)C5)(CC3)CC4)C2)c1C=N. The number of hydrogen-bond donors (Lipinski definition) is 2. The van der Waals surface area contributed by atoms with Crippen LogP contribution in [0.5, 0.6) is 0 Å². The van der Waals surface area contributed by atoms with Gasteiger partial charge in [-0.15, -0.1) is 0 Å². The summed E-state index contributed by atoms with van der Waals surface area (Å²) in [4.78, 5) is 9.78. The molecule has 3 aliphatic carbocycles.